The molecular formula is C19H30N2. The van der Waals surface area contributed by atoms with E-state index in [-0.39, 0.29) is 0 Å². The zero-order chi connectivity index (χ0) is 14.9. The van der Waals surface area contributed by atoms with Gasteiger partial charge < -0.3 is 10.3 Å². The molecule has 1 aromatic carbocycles. The summed E-state index contributed by atoms with van der Waals surface area (Å²) in [7, 11) is 0. The molecule has 2 N–H and O–H groups in total. The number of unbranched alkanes of at least 4 members (excludes halogenated alkanes) is 4. The lowest BCUT2D eigenvalue weighted by Gasteiger charge is -2.20. The molecule has 1 aromatic heterocycles. The number of fused-ring (bicyclic) bond motifs is 1. The van der Waals surface area contributed by atoms with E-state index in [0.717, 1.165) is 0 Å². The molecule has 0 amide bonds. The number of aromatic nitrogens is 1. The van der Waals surface area contributed by atoms with Gasteiger partial charge in [0, 0.05) is 28.8 Å². The molecule has 0 unspecified atom stereocenters. The topological polar surface area (TPSA) is 27.8 Å². The molecule has 0 radical (unpaired) electrons. The van der Waals surface area contributed by atoms with Crippen LogP contribution >= 0.6 is 0 Å². The molecule has 2 nitrogen and oxygen atoms in total. The van der Waals surface area contributed by atoms with Gasteiger partial charge in [0.25, 0.3) is 0 Å². The van der Waals surface area contributed by atoms with Crippen molar-refractivity contribution < 1.29 is 0 Å². The van der Waals surface area contributed by atoms with E-state index in [9.17, 15) is 0 Å². The Morgan fingerprint density at radius 1 is 0.952 bits per heavy atom. The first-order valence-corrected chi connectivity index (χ1v) is 8.67. The molecular weight excluding hydrogens is 256 g/mol. The van der Waals surface area contributed by atoms with Crippen molar-refractivity contribution in [2.24, 2.45) is 0 Å². The molecule has 0 saturated carbocycles. The smallest absolute Gasteiger partial charge is 0.0455 e. The largest absolute Gasteiger partial charge is 0.382 e. The SMILES string of the molecule is CCCCCC(CCCCC)Nc1ccc2[nH]ccc2c1. The predicted molar refractivity (Wildman–Crippen MR) is 94.0 cm³/mol. The van der Waals surface area contributed by atoms with E-state index in [4.69, 9.17) is 0 Å². The summed E-state index contributed by atoms with van der Waals surface area (Å²) in [5.74, 6) is 0. The molecule has 2 aromatic rings. The molecule has 0 saturated heterocycles. The number of nitrogens with one attached hydrogen (secondary N) is 2. The van der Waals surface area contributed by atoms with E-state index < -0.39 is 0 Å². The fourth-order valence-electron chi connectivity index (χ4n) is 2.95. The Balaban J connectivity index is 1.94. The molecule has 21 heavy (non-hydrogen) atoms. The molecule has 0 aliphatic rings. The third kappa shape index (κ3) is 5.11. The Labute approximate surface area is 129 Å². The Morgan fingerprint density at radius 3 is 2.33 bits per heavy atom. The van der Waals surface area contributed by atoms with Crippen molar-refractivity contribution in [2.45, 2.75) is 71.3 Å². The normalized spacial score (nSPS) is 11.4. The van der Waals surface area contributed by atoms with Gasteiger partial charge in [0.15, 0.2) is 0 Å². The summed E-state index contributed by atoms with van der Waals surface area (Å²) < 4.78 is 0. The fourth-order valence-corrected chi connectivity index (χ4v) is 2.95. The van der Waals surface area contributed by atoms with Gasteiger partial charge in [-0.1, -0.05) is 52.4 Å². The Kier molecular flexibility index (Phi) is 6.65. The van der Waals surface area contributed by atoms with Crippen molar-refractivity contribution in [3.63, 3.8) is 0 Å². The number of aromatic amines is 1. The third-order valence-corrected chi connectivity index (χ3v) is 4.24. The van der Waals surface area contributed by atoms with E-state index in [1.807, 2.05) is 6.20 Å². The van der Waals surface area contributed by atoms with E-state index in [1.54, 1.807) is 0 Å². The lowest BCUT2D eigenvalue weighted by molar-refractivity contribution is 0.526. The number of hydrogen-bond acceptors (Lipinski definition) is 1. The van der Waals surface area contributed by atoms with Gasteiger partial charge in [0.2, 0.25) is 0 Å². The van der Waals surface area contributed by atoms with Crippen molar-refractivity contribution >= 4 is 16.6 Å². The Hall–Kier alpha value is -1.44. The predicted octanol–water partition coefficient (Wildman–Crippen LogP) is 6.11. The number of anilines is 1. The second kappa shape index (κ2) is 8.76. The van der Waals surface area contributed by atoms with Crippen molar-refractivity contribution in [1.29, 1.82) is 0 Å². The number of rotatable bonds is 10. The van der Waals surface area contributed by atoms with Gasteiger partial charge in [0.1, 0.15) is 0 Å². The van der Waals surface area contributed by atoms with E-state index >= 15 is 0 Å². The van der Waals surface area contributed by atoms with Gasteiger partial charge in [0.05, 0.1) is 0 Å². The monoisotopic (exact) mass is 286 g/mol. The van der Waals surface area contributed by atoms with Crippen LogP contribution in [0.4, 0.5) is 5.69 Å². The minimum Gasteiger partial charge on any atom is -0.382 e. The van der Waals surface area contributed by atoms with Crippen LogP contribution in [0.2, 0.25) is 0 Å². The second-order valence-electron chi connectivity index (χ2n) is 6.11. The van der Waals surface area contributed by atoms with Crippen molar-refractivity contribution in [3.05, 3.63) is 30.5 Å². The highest BCUT2D eigenvalue weighted by Crippen LogP contribution is 2.21. The Morgan fingerprint density at radius 2 is 1.67 bits per heavy atom. The number of hydrogen-bond donors (Lipinski definition) is 2. The summed E-state index contributed by atoms with van der Waals surface area (Å²) in [5, 5.41) is 5.06. The molecule has 0 bridgehead atoms. The van der Waals surface area contributed by atoms with E-state index in [2.05, 4.69) is 48.4 Å². The zero-order valence-corrected chi connectivity index (χ0v) is 13.6. The van der Waals surface area contributed by atoms with Crippen molar-refractivity contribution in [1.82, 2.24) is 4.98 Å². The average molecular weight is 286 g/mol. The highest BCUT2D eigenvalue weighted by Gasteiger charge is 2.08. The van der Waals surface area contributed by atoms with Crippen molar-refractivity contribution in [2.75, 3.05) is 5.32 Å². The van der Waals surface area contributed by atoms with E-state index in [1.165, 1.54) is 68.0 Å². The van der Waals surface area contributed by atoms with Gasteiger partial charge >= 0.3 is 0 Å². The Bertz CT molecular complexity index is 505. The summed E-state index contributed by atoms with van der Waals surface area (Å²) in [4.78, 5) is 3.26. The minimum absolute atomic E-state index is 0.625. The maximum atomic E-state index is 3.76. The van der Waals surface area contributed by atoms with Gasteiger partial charge in [-0.2, -0.15) is 0 Å². The van der Waals surface area contributed by atoms with Crippen LogP contribution in [0.5, 0.6) is 0 Å². The van der Waals surface area contributed by atoms with Crippen LogP contribution in [0.3, 0.4) is 0 Å². The van der Waals surface area contributed by atoms with Gasteiger partial charge in [-0.15, -0.1) is 0 Å². The first kappa shape index (κ1) is 15.9. The molecule has 0 aliphatic heterocycles. The van der Waals surface area contributed by atoms with Crippen LogP contribution in [-0.4, -0.2) is 11.0 Å². The zero-order valence-electron chi connectivity index (χ0n) is 13.6. The molecule has 0 spiro atoms. The fraction of sp³-hybridized carbons (Fsp3) is 0.579. The maximum Gasteiger partial charge on any atom is 0.0455 e. The minimum atomic E-state index is 0.625. The molecule has 2 rings (SSSR count). The molecule has 0 aliphatic carbocycles. The number of H-pyrrole nitrogens is 1. The maximum absolute atomic E-state index is 3.76. The first-order chi connectivity index (χ1) is 10.3. The molecule has 0 atom stereocenters. The van der Waals surface area contributed by atoms with Crippen LogP contribution in [0.25, 0.3) is 10.9 Å². The lowest BCUT2D eigenvalue weighted by atomic mass is 10.0. The van der Waals surface area contributed by atoms with Gasteiger partial charge in [-0.25, -0.2) is 0 Å². The highest BCUT2D eigenvalue weighted by molar-refractivity contribution is 5.83. The van der Waals surface area contributed by atoms with Gasteiger partial charge in [-0.3, -0.25) is 0 Å². The summed E-state index contributed by atoms with van der Waals surface area (Å²) in [6.45, 7) is 4.55. The quantitative estimate of drug-likeness (QED) is 0.507. The van der Waals surface area contributed by atoms with E-state index in [0.29, 0.717) is 6.04 Å². The van der Waals surface area contributed by atoms with Gasteiger partial charge in [-0.05, 0) is 37.1 Å². The second-order valence-corrected chi connectivity index (χ2v) is 6.11. The van der Waals surface area contributed by atoms with Crippen LogP contribution in [0.1, 0.15) is 65.2 Å². The van der Waals surface area contributed by atoms with Crippen LogP contribution < -0.4 is 5.32 Å². The van der Waals surface area contributed by atoms with Crippen LogP contribution in [0, 0.1) is 0 Å². The lowest BCUT2D eigenvalue weighted by Crippen LogP contribution is -2.19. The van der Waals surface area contributed by atoms with Crippen LogP contribution in [-0.2, 0) is 0 Å². The summed E-state index contributed by atoms with van der Waals surface area (Å²) in [5.41, 5.74) is 2.48. The number of benzene rings is 1. The highest BCUT2D eigenvalue weighted by atomic mass is 14.9. The summed E-state index contributed by atoms with van der Waals surface area (Å²) in [6.07, 6.45) is 12.6. The summed E-state index contributed by atoms with van der Waals surface area (Å²) >= 11 is 0. The third-order valence-electron chi connectivity index (χ3n) is 4.24. The average Bonchev–Trinajstić information content (AvgIpc) is 2.95. The summed E-state index contributed by atoms with van der Waals surface area (Å²) in [6, 6.07) is 9.40. The van der Waals surface area contributed by atoms with Crippen LogP contribution in [0.15, 0.2) is 30.5 Å². The molecule has 2 heteroatoms. The first-order valence-electron chi connectivity index (χ1n) is 8.67. The molecule has 116 valence electrons. The van der Waals surface area contributed by atoms with Crippen molar-refractivity contribution in [3.8, 4) is 0 Å². The molecule has 1 heterocycles. The molecule has 0 fully saturated rings. The standard InChI is InChI=1S/C19H30N2/c1-3-5-7-9-17(10-8-6-4-2)21-18-11-12-19-16(15-18)13-14-20-19/h11-15,17,20-21H,3-10H2,1-2H3.